The van der Waals surface area contributed by atoms with E-state index in [-0.39, 0.29) is 5.84 Å². The van der Waals surface area contributed by atoms with Crippen LogP contribution in [0.1, 0.15) is 0 Å². The largest absolute Gasteiger partial charge is 0.466 e. The monoisotopic (exact) mass is 83.0 g/mol. The molecular weight excluding hydrogens is 80.0 g/mol. The first-order valence-electron chi connectivity index (χ1n) is 1.54. The van der Waals surface area contributed by atoms with E-state index < -0.39 is 0 Å². The van der Waals surface area contributed by atoms with Gasteiger partial charge in [-0.05, 0) is 0 Å². The molecule has 1 aliphatic heterocycles. The maximum absolute atomic E-state index is 6.69. The Morgan fingerprint density at radius 2 is 2.83 bits per heavy atom. The number of nitrogens with one attached hydrogen (secondary N) is 1. The van der Waals surface area contributed by atoms with Crippen LogP contribution in [0.5, 0.6) is 0 Å². The van der Waals surface area contributed by atoms with Crippen molar-refractivity contribution in [3.05, 3.63) is 0 Å². The lowest BCUT2D eigenvalue weighted by atomic mass is 10.7. The Hall–Kier alpha value is -0.860. The highest BCUT2D eigenvalue weighted by Crippen LogP contribution is 1.83. The van der Waals surface area contributed by atoms with E-state index in [2.05, 4.69) is 16.1 Å². The quantitative estimate of drug-likeness (QED) is 0.436. The van der Waals surface area contributed by atoms with Gasteiger partial charge in [-0.15, -0.1) is 0 Å². The van der Waals surface area contributed by atoms with Gasteiger partial charge in [0.05, 0.1) is 0 Å². The summed E-state index contributed by atoms with van der Waals surface area (Å²) in [6, 6.07) is 0. The zero-order chi connectivity index (χ0) is 4.41. The highest BCUT2D eigenvalue weighted by Gasteiger charge is 1.97. The molecule has 1 aliphatic rings. The van der Waals surface area contributed by atoms with E-state index in [1.807, 2.05) is 0 Å². The number of hydrogen-bond donors (Lipinski definition) is 1. The molecule has 0 bridgehead atoms. The molecule has 0 spiro atoms. The van der Waals surface area contributed by atoms with Gasteiger partial charge >= 0.3 is 0 Å². The number of ether oxygens (including phenoxy) is 1. The van der Waals surface area contributed by atoms with E-state index >= 15 is 0 Å². The predicted octanol–water partition coefficient (Wildman–Crippen LogP) is -0.101. The minimum Gasteiger partial charge on any atom is -0.466 e. The summed E-state index contributed by atoms with van der Waals surface area (Å²) >= 11 is 0. The Kier molecular flexibility index (Phi) is 0.602. The molecule has 0 aromatic heterocycles. The summed E-state index contributed by atoms with van der Waals surface area (Å²) in [6.07, 6.45) is 2.17. The van der Waals surface area contributed by atoms with Gasteiger partial charge in [-0.25, -0.2) is 0 Å². The van der Waals surface area contributed by atoms with Gasteiger partial charge in [0.15, 0.2) is 5.84 Å². The summed E-state index contributed by atoms with van der Waals surface area (Å²) in [5.74, 6) is 0.245. The van der Waals surface area contributed by atoms with Crippen LogP contribution in [0.25, 0.3) is 0 Å². The van der Waals surface area contributed by atoms with Crippen LogP contribution in [-0.2, 0) is 4.74 Å². The van der Waals surface area contributed by atoms with Gasteiger partial charge in [0, 0.05) is 0 Å². The summed E-state index contributed by atoms with van der Waals surface area (Å²) < 4.78 is 4.42. The number of aliphatic imine (C=N–C) groups is 1. The lowest BCUT2D eigenvalue weighted by Gasteiger charge is -1.77. The lowest BCUT2D eigenvalue weighted by molar-refractivity contribution is 0.396. The van der Waals surface area contributed by atoms with Crippen LogP contribution in [0.3, 0.4) is 0 Å². The molecule has 1 N–H and O–H groups in total. The predicted molar refractivity (Wildman–Crippen MR) is 21.1 cm³/mol. The highest BCUT2D eigenvalue weighted by atomic mass is 16.5. The van der Waals surface area contributed by atoms with Gasteiger partial charge < -0.3 is 4.74 Å². The van der Waals surface area contributed by atoms with Gasteiger partial charge in [0.25, 0.3) is 6.40 Å². The fourth-order valence-corrected chi connectivity index (χ4v) is 0.220. The first kappa shape index (κ1) is 3.33. The third-order valence-electron chi connectivity index (χ3n) is 0.454. The van der Waals surface area contributed by atoms with Crippen molar-refractivity contribution >= 4 is 12.2 Å². The Bertz CT molecular complexity index is 97.0. The zero-order valence-corrected chi connectivity index (χ0v) is 3.06. The molecule has 0 aliphatic carbocycles. The van der Waals surface area contributed by atoms with E-state index in [0.717, 1.165) is 0 Å². The molecule has 3 nitrogen and oxygen atoms in total. The number of hydrogen-bond acceptors (Lipinski definition) is 2. The van der Waals surface area contributed by atoms with Crippen molar-refractivity contribution in [1.29, 1.82) is 5.41 Å². The second-order valence-electron chi connectivity index (χ2n) is 0.938. The molecule has 0 fully saturated rings. The van der Waals surface area contributed by atoms with E-state index in [1.165, 1.54) is 0 Å². The fraction of sp³-hybridized carbons (Fsp3) is 0.333. The van der Waals surface area contributed by atoms with Crippen molar-refractivity contribution in [3.63, 3.8) is 0 Å². The SMILES string of the molecule is N=C1CO[C]=N1. The van der Waals surface area contributed by atoms with Gasteiger partial charge in [0.1, 0.15) is 6.61 Å². The van der Waals surface area contributed by atoms with Crippen LogP contribution >= 0.6 is 0 Å². The molecule has 3 heteroatoms. The molecule has 1 rings (SSSR count). The Balaban J connectivity index is 2.59. The molecule has 0 aromatic rings. The van der Waals surface area contributed by atoms with Crippen molar-refractivity contribution in [1.82, 2.24) is 0 Å². The molecular formula is C3H3N2O. The normalized spacial score (nSPS) is 18.3. The van der Waals surface area contributed by atoms with Gasteiger partial charge in [-0.2, -0.15) is 4.99 Å². The lowest BCUT2D eigenvalue weighted by Crippen LogP contribution is -1.90. The summed E-state index contributed by atoms with van der Waals surface area (Å²) in [5, 5.41) is 6.69. The average molecular weight is 83.1 g/mol. The third-order valence-corrected chi connectivity index (χ3v) is 0.454. The number of nitrogens with zero attached hydrogens (tertiary/aromatic N) is 1. The van der Waals surface area contributed by atoms with E-state index in [4.69, 9.17) is 5.41 Å². The molecule has 31 valence electrons. The molecule has 0 atom stereocenters. The van der Waals surface area contributed by atoms with E-state index in [9.17, 15) is 0 Å². The first-order valence-corrected chi connectivity index (χ1v) is 1.54. The van der Waals surface area contributed by atoms with Crippen LogP contribution in [0.15, 0.2) is 4.99 Å². The van der Waals surface area contributed by atoms with E-state index in [1.54, 1.807) is 0 Å². The maximum Gasteiger partial charge on any atom is 0.280 e. The van der Waals surface area contributed by atoms with Crippen LogP contribution in [0.4, 0.5) is 0 Å². The fourth-order valence-electron chi connectivity index (χ4n) is 0.220. The molecule has 1 heterocycles. The van der Waals surface area contributed by atoms with Crippen LogP contribution in [0, 0.1) is 5.41 Å². The minimum absolute atomic E-state index is 0.245. The van der Waals surface area contributed by atoms with Gasteiger partial charge in [-0.3, -0.25) is 5.41 Å². The number of rotatable bonds is 0. The number of amidine groups is 1. The minimum atomic E-state index is 0.245. The van der Waals surface area contributed by atoms with Crippen LogP contribution in [0.2, 0.25) is 0 Å². The van der Waals surface area contributed by atoms with Crippen molar-refractivity contribution < 1.29 is 4.74 Å². The topological polar surface area (TPSA) is 45.4 Å². The van der Waals surface area contributed by atoms with Gasteiger partial charge in [0.2, 0.25) is 0 Å². The molecule has 1 radical (unpaired) electrons. The van der Waals surface area contributed by atoms with Crippen LogP contribution in [-0.4, -0.2) is 18.8 Å². The first-order chi connectivity index (χ1) is 2.89. The average Bonchev–Trinajstić information content (AvgIpc) is 1.86. The second-order valence-corrected chi connectivity index (χ2v) is 0.938. The smallest absolute Gasteiger partial charge is 0.280 e. The van der Waals surface area contributed by atoms with Gasteiger partial charge in [-0.1, -0.05) is 0 Å². The Morgan fingerprint density at radius 1 is 2.00 bits per heavy atom. The molecule has 6 heavy (non-hydrogen) atoms. The van der Waals surface area contributed by atoms with Crippen molar-refractivity contribution in [2.75, 3.05) is 6.61 Å². The summed E-state index contributed by atoms with van der Waals surface area (Å²) in [7, 11) is 0. The molecule has 0 saturated carbocycles. The molecule has 0 unspecified atom stereocenters. The summed E-state index contributed by atoms with van der Waals surface area (Å²) in [4.78, 5) is 3.35. The van der Waals surface area contributed by atoms with Crippen molar-refractivity contribution in [2.45, 2.75) is 0 Å². The molecule has 0 aromatic carbocycles. The standard InChI is InChI=1S/C3H3N2O/c4-3-1-6-2-5-3/h4H,1H2. The van der Waals surface area contributed by atoms with Crippen LogP contribution < -0.4 is 0 Å². The Morgan fingerprint density at radius 3 is 3.00 bits per heavy atom. The molecule has 0 amide bonds. The summed E-state index contributed by atoms with van der Waals surface area (Å²) in [5.41, 5.74) is 0. The van der Waals surface area contributed by atoms with Crippen molar-refractivity contribution in [3.8, 4) is 0 Å². The zero-order valence-electron chi connectivity index (χ0n) is 3.06. The van der Waals surface area contributed by atoms with Crippen molar-refractivity contribution in [2.24, 2.45) is 4.99 Å². The highest BCUT2D eigenvalue weighted by molar-refractivity contribution is 5.90. The second kappa shape index (κ2) is 1.08. The Labute approximate surface area is 35.2 Å². The maximum atomic E-state index is 6.69. The third kappa shape index (κ3) is 0.381. The molecule has 0 saturated heterocycles. The summed E-state index contributed by atoms with van der Waals surface area (Å²) in [6.45, 7) is 0.292. The van der Waals surface area contributed by atoms with E-state index in [0.29, 0.717) is 6.61 Å².